The number of carbonyl (C=O) groups is 2. The van der Waals surface area contributed by atoms with E-state index >= 15 is 0 Å². The lowest BCUT2D eigenvalue weighted by atomic mass is 9.85. The monoisotopic (exact) mass is 286 g/mol. The molecular weight excluding hydrogens is 260 g/mol. The van der Waals surface area contributed by atoms with E-state index in [4.69, 9.17) is 0 Å². The third kappa shape index (κ3) is 3.55. The van der Waals surface area contributed by atoms with Crippen LogP contribution in [0.3, 0.4) is 0 Å². The molecule has 0 aliphatic rings. The first kappa shape index (κ1) is 18.5. The van der Waals surface area contributed by atoms with Crippen molar-refractivity contribution in [1.82, 2.24) is 0 Å². The molecule has 2 N–H and O–H groups in total. The first-order valence-corrected chi connectivity index (χ1v) is 6.97. The van der Waals surface area contributed by atoms with Crippen LogP contribution in [0.1, 0.15) is 54.4 Å². The van der Waals surface area contributed by atoms with Crippen molar-refractivity contribution in [2.75, 3.05) is 0 Å². The summed E-state index contributed by atoms with van der Waals surface area (Å²) in [4.78, 5) is 22.9. The summed E-state index contributed by atoms with van der Waals surface area (Å²) in [6, 6.07) is 0. The number of aliphatic carboxylic acids is 2. The molecule has 0 fully saturated rings. The molecule has 0 spiro atoms. The minimum absolute atomic E-state index is 0.237. The normalized spacial score (nSPS) is 20.9. The maximum absolute atomic E-state index is 11.4. The fraction of sp³-hybridized carbons (Fsp3) is 0.857. The Morgan fingerprint density at radius 1 is 0.900 bits per heavy atom. The van der Waals surface area contributed by atoms with Crippen molar-refractivity contribution in [3.63, 3.8) is 0 Å². The molecule has 6 nitrogen and oxygen atoms in total. The number of carboxylic acids is 2. The highest BCUT2D eigenvalue weighted by Crippen LogP contribution is 2.30. The van der Waals surface area contributed by atoms with Crippen LogP contribution in [0, 0.1) is 11.8 Å². The Morgan fingerprint density at radius 3 is 1.30 bits per heavy atom. The fourth-order valence-electron chi connectivity index (χ4n) is 1.71. The first-order valence-electron chi connectivity index (χ1n) is 6.97. The maximum atomic E-state index is 11.4. The van der Waals surface area contributed by atoms with Gasteiger partial charge < -0.3 is 10.2 Å². The van der Waals surface area contributed by atoms with Gasteiger partial charge in [-0.05, 0) is 25.7 Å². The van der Waals surface area contributed by atoms with Crippen molar-refractivity contribution in [3.8, 4) is 0 Å². The molecule has 20 heavy (non-hydrogen) atoms. The van der Waals surface area contributed by atoms with Gasteiger partial charge in [-0.3, -0.25) is 0 Å². The van der Waals surface area contributed by atoms with Gasteiger partial charge in [0.1, 0.15) is 0 Å². The highest BCUT2D eigenvalue weighted by molar-refractivity contribution is 5.80. The second-order valence-corrected chi connectivity index (χ2v) is 5.72. The lowest BCUT2D eigenvalue weighted by molar-refractivity contribution is -0.147. The van der Waals surface area contributed by atoms with Crippen LogP contribution in [-0.2, 0) is 9.59 Å². The topological polar surface area (TPSA) is 99.3 Å². The van der Waals surface area contributed by atoms with Gasteiger partial charge in [0.05, 0.1) is 0 Å². The second-order valence-electron chi connectivity index (χ2n) is 5.72. The van der Waals surface area contributed by atoms with Crippen LogP contribution < -0.4 is 0 Å². The van der Waals surface area contributed by atoms with Gasteiger partial charge >= 0.3 is 11.9 Å². The molecule has 0 saturated heterocycles. The summed E-state index contributed by atoms with van der Waals surface area (Å²) >= 11 is 0. The molecule has 0 radical (unpaired) electrons. The van der Waals surface area contributed by atoms with Crippen LogP contribution in [0.4, 0.5) is 0 Å². The molecule has 0 rings (SSSR count). The van der Waals surface area contributed by atoms with Gasteiger partial charge in [0.15, 0.2) is 11.1 Å². The summed E-state index contributed by atoms with van der Waals surface area (Å²) < 4.78 is 0. The van der Waals surface area contributed by atoms with E-state index in [0.717, 1.165) is 0 Å². The van der Waals surface area contributed by atoms with Crippen LogP contribution in [0.5, 0.6) is 0 Å². The molecule has 4 atom stereocenters. The van der Waals surface area contributed by atoms with Crippen molar-refractivity contribution < 1.29 is 19.8 Å². The average Bonchev–Trinajstić information content (AvgIpc) is 2.41. The Labute approximate surface area is 120 Å². The highest BCUT2D eigenvalue weighted by atomic mass is 16.4. The van der Waals surface area contributed by atoms with Crippen LogP contribution in [0.25, 0.3) is 0 Å². The Bertz CT molecular complexity index is 361. The summed E-state index contributed by atoms with van der Waals surface area (Å²) in [5.74, 6) is -2.66. The van der Waals surface area contributed by atoms with Crippen molar-refractivity contribution in [2.24, 2.45) is 22.1 Å². The standard InChI is InChI=1S/C14H26N2O4/c1-7-9(3)13(5,11(17)18)15-16-14(6,12(19)20)10(4)8-2/h9-10H,7-8H2,1-6H3,(H,17,18)(H,19,20). The van der Waals surface area contributed by atoms with Gasteiger partial charge in [0, 0.05) is 0 Å². The largest absolute Gasteiger partial charge is 0.479 e. The molecule has 116 valence electrons. The molecule has 0 heterocycles. The summed E-state index contributed by atoms with van der Waals surface area (Å²) in [6.45, 7) is 10.2. The summed E-state index contributed by atoms with van der Waals surface area (Å²) in [7, 11) is 0. The Kier molecular flexibility index (Phi) is 6.32. The molecule has 6 heteroatoms. The van der Waals surface area contributed by atoms with E-state index in [-0.39, 0.29) is 11.8 Å². The molecule has 0 aromatic carbocycles. The number of nitrogens with zero attached hydrogens (tertiary/aromatic N) is 2. The number of hydrogen-bond donors (Lipinski definition) is 2. The van der Waals surface area contributed by atoms with Gasteiger partial charge in [-0.15, -0.1) is 0 Å². The van der Waals surface area contributed by atoms with Gasteiger partial charge in [-0.25, -0.2) is 9.59 Å². The fourth-order valence-corrected chi connectivity index (χ4v) is 1.71. The third-order valence-corrected chi connectivity index (χ3v) is 4.48. The maximum Gasteiger partial charge on any atom is 0.333 e. The average molecular weight is 286 g/mol. The molecular formula is C14H26N2O4. The Morgan fingerprint density at radius 2 is 1.15 bits per heavy atom. The van der Waals surface area contributed by atoms with E-state index in [1.165, 1.54) is 13.8 Å². The van der Waals surface area contributed by atoms with E-state index in [1.807, 2.05) is 13.8 Å². The molecule has 0 amide bonds. The quantitative estimate of drug-likeness (QED) is 0.669. The minimum atomic E-state index is -1.40. The highest BCUT2D eigenvalue weighted by Gasteiger charge is 2.43. The number of carboxylic acid groups (broad SMARTS) is 2. The van der Waals surface area contributed by atoms with Crippen LogP contribution in [-0.4, -0.2) is 33.2 Å². The van der Waals surface area contributed by atoms with Crippen molar-refractivity contribution >= 4 is 11.9 Å². The number of rotatable bonds is 8. The Hall–Kier alpha value is -1.46. The van der Waals surface area contributed by atoms with Crippen LogP contribution in [0.15, 0.2) is 10.2 Å². The number of hydrogen-bond acceptors (Lipinski definition) is 4. The van der Waals surface area contributed by atoms with E-state index < -0.39 is 23.0 Å². The summed E-state index contributed by atoms with van der Waals surface area (Å²) in [6.07, 6.45) is 1.24. The zero-order valence-electron chi connectivity index (χ0n) is 13.2. The van der Waals surface area contributed by atoms with Crippen molar-refractivity contribution in [3.05, 3.63) is 0 Å². The zero-order valence-corrected chi connectivity index (χ0v) is 13.2. The predicted octanol–water partition coefficient (Wildman–Crippen LogP) is 3.22. The predicted molar refractivity (Wildman–Crippen MR) is 75.8 cm³/mol. The lowest BCUT2D eigenvalue weighted by Gasteiger charge is -2.29. The smallest absolute Gasteiger partial charge is 0.333 e. The molecule has 0 bridgehead atoms. The zero-order chi connectivity index (χ0) is 16.1. The van der Waals surface area contributed by atoms with Crippen LogP contribution in [0.2, 0.25) is 0 Å². The summed E-state index contributed by atoms with van der Waals surface area (Å²) in [5.41, 5.74) is -2.81. The number of azo groups is 1. The molecule has 0 aromatic rings. The Balaban J connectivity index is 5.60. The molecule has 0 aromatic heterocycles. The van der Waals surface area contributed by atoms with Crippen LogP contribution >= 0.6 is 0 Å². The molecule has 4 unspecified atom stereocenters. The van der Waals surface area contributed by atoms with E-state index in [0.29, 0.717) is 12.8 Å². The third-order valence-electron chi connectivity index (χ3n) is 4.48. The minimum Gasteiger partial charge on any atom is -0.479 e. The molecule has 0 aliphatic heterocycles. The van der Waals surface area contributed by atoms with E-state index in [2.05, 4.69) is 10.2 Å². The van der Waals surface area contributed by atoms with Gasteiger partial charge in [-0.1, -0.05) is 40.5 Å². The van der Waals surface area contributed by atoms with E-state index in [9.17, 15) is 19.8 Å². The van der Waals surface area contributed by atoms with Gasteiger partial charge in [-0.2, -0.15) is 10.2 Å². The summed E-state index contributed by atoms with van der Waals surface area (Å²) in [5, 5.41) is 26.6. The first-order chi connectivity index (χ1) is 9.06. The SMILES string of the molecule is CCC(C)C(C)(N=NC(C)(C(=O)O)C(C)CC)C(=O)O. The van der Waals surface area contributed by atoms with Crippen molar-refractivity contribution in [2.45, 2.75) is 65.5 Å². The molecule has 0 aliphatic carbocycles. The molecule has 0 saturated carbocycles. The van der Waals surface area contributed by atoms with Crippen molar-refractivity contribution in [1.29, 1.82) is 0 Å². The van der Waals surface area contributed by atoms with Gasteiger partial charge in [0.2, 0.25) is 0 Å². The van der Waals surface area contributed by atoms with Gasteiger partial charge in [0.25, 0.3) is 0 Å². The second kappa shape index (κ2) is 6.81. The lowest BCUT2D eigenvalue weighted by Crippen LogP contribution is -2.43. The van der Waals surface area contributed by atoms with E-state index in [1.54, 1.807) is 13.8 Å².